The van der Waals surface area contributed by atoms with Crippen LogP contribution in [0.4, 0.5) is 0 Å². The van der Waals surface area contributed by atoms with Crippen LogP contribution in [0.15, 0.2) is 30.3 Å². The summed E-state index contributed by atoms with van der Waals surface area (Å²) in [5.41, 5.74) is 0.891. The number of amides is 1. The summed E-state index contributed by atoms with van der Waals surface area (Å²) in [6.45, 7) is 4.81. The fourth-order valence-electron chi connectivity index (χ4n) is 2.48. The quantitative estimate of drug-likeness (QED) is 0.789. The Balaban J connectivity index is 1.80. The Labute approximate surface area is 121 Å². The molecule has 0 spiro atoms. The van der Waals surface area contributed by atoms with Crippen molar-refractivity contribution in [2.24, 2.45) is 0 Å². The highest BCUT2D eigenvalue weighted by molar-refractivity contribution is 5.82. The first kappa shape index (κ1) is 15.0. The largest absolute Gasteiger partial charge is 0.367 e. The van der Waals surface area contributed by atoms with Gasteiger partial charge in [-0.15, -0.1) is 0 Å². The lowest BCUT2D eigenvalue weighted by atomic mass is 10.1. The predicted octanol–water partition coefficient (Wildman–Crippen LogP) is 1.97. The summed E-state index contributed by atoms with van der Waals surface area (Å²) in [7, 11) is 1.57. The summed E-state index contributed by atoms with van der Waals surface area (Å²) in [4.78, 5) is 14.6. The normalized spacial score (nSPS) is 16.1. The standard InChI is InChI=1S/C16H24N2O2/c1-3-18(14-9-10-14)12-11-17-16(19)15(20-2)13-7-5-4-6-8-13/h4-8,14-15H,3,9-12H2,1-2H3,(H,17,19)/t15-/m1/s1. The molecule has 20 heavy (non-hydrogen) atoms. The maximum atomic E-state index is 12.2. The lowest BCUT2D eigenvalue weighted by Gasteiger charge is -2.21. The van der Waals surface area contributed by atoms with Gasteiger partial charge in [-0.25, -0.2) is 0 Å². The van der Waals surface area contributed by atoms with Crippen LogP contribution in [0.5, 0.6) is 0 Å². The summed E-state index contributed by atoms with van der Waals surface area (Å²) in [6, 6.07) is 10.3. The lowest BCUT2D eigenvalue weighted by Crippen LogP contribution is -2.38. The third kappa shape index (κ3) is 4.05. The molecular weight excluding hydrogens is 252 g/mol. The Morgan fingerprint density at radius 1 is 1.40 bits per heavy atom. The molecule has 1 aromatic carbocycles. The number of nitrogens with one attached hydrogen (secondary N) is 1. The van der Waals surface area contributed by atoms with Crippen molar-refractivity contribution >= 4 is 5.91 Å². The minimum atomic E-state index is -0.521. The fraction of sp³-hybridized carbons (Fsp3) is 0.562. The van der Waals surface area contributed by atoms with Crippen LogP contribution < -0.4 is 5.32 Å². The van der Waals surface area contributed by atoms with Gasteiger partial charge in [-0.05, 0) is 24.9 Å². The fourth-order valence-corrected chi connectivity index (χ4v) is 2.48. The van der Waals surface area contributed by atoms with E-state index in [0.717, 1.165) is 24.7 Å². The average molecular weight is 276 g/mol. The van der Waals surface area contributed by atoms with Gasteiger partial charge in [-0.2, -0.15) is 0 Å². The van der Waals surface area contributed by atoms with Crippen molar-refractivity contribution in [1.82, 2.24) is 10.2 Å². The lowest BCUT2D eigenvalue weighted by molar-refractivity contribution is -0.131. The second kappa shape index (κ2) is 7.41. The van der Waals surface area contributed by atoms with Gasteiger partial charge in [0.05, 0.1) is 0 Å². The van der Waals surface area contributed by atoms with E-state index in [0.29, 0.717) is 6.54 Å². The Kier molecular flexibility index (Phi) is 5.56. The maximum absolute atomic E-state index is 12.2. The Bertz CT molecular complexity index is 418. The minimum Gasteiger partial charge on any atom is -0.367 e. The molecule has 0 radical (unpaired) electrons. The molecule has 0 bridgehead atoms. The van der Waals surface area contributed by atoms with E-state index in [1.165, 1.54) is 12.8 Å². The minimum absolute atomic E-state index is 0.0643. The van der Waals surface area contributed by atoms with Gasteiger partial charge in [-0.1, -0.05) is 37.3 Å². The van der Waals surface area contributed by atoms with Crippen molar-refractivity contribution in [3.05, 3.63) is 35.9 Å². The Hall–Kier alpha value is -1.39. The van der Waals surface area contributed by atoms with Gasteiger partial charge in [0.2, 0.25) is 0 Å². The number of ether oxygens (including phenoxy) is 1. The molecule has 1 aromatic rings. The van der Waals surface area contributed by atoms with Crippen LogP contribution in [0.25, 0.3) is 0 Å². The molecule has 110 valence electrons. The van der Waals surface area contributed by atoms with Crippen LogP contribution in [-0.2, 0) is 9.53 Å². The zero-order valence-electron chi connectivity index (χ0n) is 12.3. The van der Waals surface area contributed by atoms with Crippen molar-refractivity contribution in [3.63, 3.8) is 0 Å². The monoisotopic (exact) mass is 276 g/mol. The molecule has 4 heteroatoms. The van der Waals surface area contributed by atoms with Crippen LogP contribution in [0.2, 0.25) is 0 Å². The molecule has 1 aliphatic carbocycles. The van der Waals surface area contributed by atoms with Crippen LogP contribution in [-0.4, -0.2) is 43.6 Å². The number of rotatable bonds is 8. The molecule has 1 saturated carbocycles. The molecule has 1 aliphatic rings. The summed E-state index contributed by atoms with van der Waals surface area (Å²) < 4.78 is 5.32. The number of benzene rings is 1. The molecule has 0 aliphatic heterocycles. The smallest absolute Gasteiger partial charge is 0.253 e. The Morgan fingerprint density at radius 2 is 2.10 bits per heavy atom. The molecule has 1 atom stereocenters. The zero-order chi connectivity index (χ0) is 14.4. The first-order valence-electron chi connectivity index (χ1n) is 7.35. The molecule has 1 amide bonds. The van der Waals surface area contributed by atoms with E-state index in [-0.39, 0.29) is 5.91 Å². The van der Waals surface area contributed by atoms with Gasteiger partial charge in [-0.3, -0.25) is 9.69 Å². The molecular formula is C16H24N2O2. The molecule has 2 rings (SSSR count). The molecule has 0 aromatic heterocycles. The summed E-state index contributed by atoms with van der Waals surface area (Å²) >= 11 is 0. The first-order chi connectivity index (χ1) is 9.76. The Morgan fingerprint density at radius 3 is 2.65 bits per heavy atom. The van der Waals surface area contributed by atoms with Crippen molar-refractivity contribution < 1.29 is 9.53 Å². The number of nitrogens with zero attached hydrogens (tertiary/aromatic N) is 1. The molecule has 0 unspecified atom stereocenters. The van der Waals surface area contributed by atoms with E-state index in [1.54, 1.807) is 7.11 Å². The molecule has 0 heterocycles. The van der Waals surface area contributed by atoms with Crippen LogP contribution in [0.1, 0.15) is 31.4 Å². The van der Waals surface area contributed by atoms with Crippen molar-refractivity contribution in [2.75, 3.05) is 26.7 Å². The SMILES string of the molecule is CCN(CCNC(=O)[C@H](OC)c1ccccc1)C1CC1. The molecule has 1 fully saturated rings. The highest BCUT2D eigenvalue weighted by Gasteiger charge is 2.27. The van der Waals surface area contributed by atoms with Crippen LogP contribution in [0.3, 0.4) is 0 Å². The third-order valence-electron chi connectivity index (χ3n) is 3.74. The number of hydrogen-bond donors (Lipinski definition) is 1. The maximum Gasteiger partial charge on any atom is 0.253 e. The van der Waals surface area contributed by atoms with Crippen molar-refractivity contribution in [1.29, 1.82) is 0 Å². The second-order valence-corrected chi connectivity index (χ2v) is 5.18. The van der Waals surface area contributed by atoms with E-state index in [1.807, 2.05) is 30.3 Å². The second-order valence-electron chi connectivity index (χ2n) is 5.18. The van der Waals surface area contributed by atoms with Crippen molar-refractivity contribution in [2.45, 2.75) is 31.9 Å². The van der Waals surface area contributed by atoms with Crippen molar-refractivity contribution in [3.8, 4) is 0 Å². The van der Waals surface area contributed by atoms with Gasteiger partial charge in [0.25, 0.3) is 5.91 Å². The van der Waals surface area contributed by atoms with Crippen LogP contribution in [0, 0.1) is 0 Å². The van der Waals surface area contributed by atoms with Gasteiger partial charge < -0.3 is 10.1 Å². The van der Waals surface area contributed by atoms with E-state index < -0.39 is 6.10 Å². The first-order valence-corrected chi connectivity index (χ1v) is 7.35. The third-order valence-corrected chi connectivity index (χ3v) is 3.74. The van der Waals surface area contributed by atoms with Gasteiger partial charge >= 0.3 is 0 Å². The molecule has 0 saturated heterocycles. The number of methoxy groups -OCH3 is 1. The highest BCUT2D eigenvalue weighted by Crippen LogP contribution is 2.25. The van der Waals surface area contributed by atoms with E-state index in [2.05, 4.69) is 17.1 Å². The topological polar surface area (TPSA) is 41.6 Å². The van der Waals surface area contributed by atoms with E-state index in [9.17, 15) is 4.79 Å². The molecule has 4 nitrogen and oxygen atoms in total. The summed E-state index contributed by atoms with van der Waals surface area (Å²) in [6.07, 6.45) is 2.08. The number of carbonyl (C=O) groups is 1. The highest BCUT2D eigenvalue weighted by atomic mass is 16.5. The summed E-state index contributed by atoms with van der Waals surface area (Å²) in [5.74, 6) is -0.0643. The van der Waals surface area contributed by atoms with Gasteiger partial charge in [0.15, 0.2) is 6.10 Å². The predicted molar refractivity (Wildman–Crippen MR) is 79.5 cm³/mol. The number of likely N-dealkylation sites (N-methyl/N-ethyl adjacent to an activating group) is 1. The summed E-state index contributed by atoms with van der Waals surface area (Å²) in [5, 5.41) is 2.97. The van der Waals surface area contributed by atoms with Crippen LogP contribution >= 0.6 is 0 Å². The van der Waals surface area contributed by atoms with E-state index in [4.69, 9.17) is 4.74 Å². The van der Waals surface area contributed by atoms with Gasteiger partial charge in [0, 0.05) is 26.2 Å². The number of carbonyl (C=O) groups excluding carboxylic acids is 1. The molecule has 1 N–H and O–H groups in total. The zero-order valence-corrected chi connectivity index (χ0v) is 12.3. The average Bonchev–Trinajstić information content (AvgIpc) is 3.30. The number of hydrogen-bond acceptors (Lipinski definition) is 3. The van der Waals surface area contributed by atoms with Gasteiger partial charge in [0.1, 0.15) is 0 Å². The van der Waals surface area contributed by atoms with E-state index >= 15 is 0 Å².